The van der Waals surface area contributed by atoms with Gasteiger partial charge >= 0.3 is 0 Å². The molecule has 3 heterocycles. The van der Waals surface area contributed by atoms with Crippen molar-refractivity contribution in [1.29, 1.82) is 0 Å². The van der Waals surface area contributed by atoms with Gasteiger partial charge in [-0.2, -0.15) is 17.0 Å². The van der Waals surface area contributed by atoms with Crippen molar-refractivity contribution in [1.82, 2.24) is 18.6 Å². The zero-order chi connectivity index (χ0) is 18.7. The Morgan fingerprint density at radius 3 is 2.77 bits per heavy atom. The van der Waals surface area contributed by atoms with E-state index < -0.39 is 10.2 Å². The lowest BCUT2D eigenvalue weighted by atomic mass is 10.1. The van der Waals surface area contributed by atoms with Gasteiger partial charge in [0.1, 0.15) is 5.82 Å². The van der Waals surface area contributed by atoms with Crippen LogP contribution in [-0.2, 0) is 10.2 Å². The van der Waals surface area contributed by atoms with Gasteiger partial charge in [0.05, 0.1) is 11.7 Å². The molecule has 26 heavy (non-hydrogen) atoms. The topological polar surface area (TPSA) is 78.4 Å². The fraction of sp³-hybridized carbons (Fsp3) is 0.529. The Labute approximate surface area is 159 Å². The molecule has 0 amide bonds. The number of aryl methyl sites for hydroxylation is 1. The van der Waals surface area contributed by atoms with Gasteiger partial charge in [-0.05, 0) is 31.9 Å². The summed E-state index contributed by atoms with van der Waals surface area (Å²) in [4.78, 5) is 10.1. The third-order valence-corrected chi connectivity index (χ3v) is 7.53. The summed E-state index contributed by atoms with van der Waals surface area (Å²) < 4.78 is 29.0. The lowest BCUT2D eigenvalue weighted by Crippen LogP contribution is -2.43. The molecule has 9 heteroatoms. The van der Waals surface area contributed by atoms with Crippen LogP contribution in [-0.4, -0.2) is 46.6 Å². The van der Waals surface area contributed by atoms with Crippen LogP contribution in [0.2, 0.25) is 0 Å². The molecular weight excluding hydrogens is 370 g/mol. The van der Waals surface area contributed by atoms with Crippen molar-refractivity contribution in [2.24, 2.45) is 0 Å². The molecule has 1 aliphatic heterocycles. The standard InChI is InChI=1S/C17H25N5O2S2/c1-4-21(5-2)26(23,24)22-11-7-9-15(22)14-8-6-10-16(19-14)20-17-18-12-13(3)25-17/h6,8,10,12,15H,4-5,7,9,11H2,1-3H3,(H,18,19,20)/t15-/m1/s1. The maximum absolute atomic E-state index is 13.0. The third kappa shape index (κ3) is 3.90. The van der Waals surface area contributed by atoms with Crippen molar-refractivity contribution in [2.45, 2.75) is 39.7 Å². The maximum Gasteiger partial charge on any atom is 0.282 e. The Morgan fingerprint density at radius 1 is 1.35 bits per heavy atom. The van der Waals surface area contributed by atoms with Crippen LogP contribution in [0.3, 0.4) is 0 Å². The van der Waals surface area contributed by atoms with Gasteiger partial charge in [0, 0.05) is 30.7 Å². The van der Waals surface area contributed by atoms with Crippen LogP contribution >= 0.6 is 11.3 Å². The Kier molecular flexibility index (Phi) is 5.91. The van der Waals surface area contributed by atoms with E-state index in [0.717, 1.165) is 28.5 Å². The molecule has 0 radical (unpaired) electrons. The summed E-state index contributed by atoms with van der Waals surface area (Å²) in [5.41, 5.74) is 0.775. The number of nitrogens with zero attached hydrogens (tertiary/aromatic N) is 4. The van der Waals surface area contributed by atoms with Crippen LogP contribution < -0.4 is 5.32 Å². The minimum absolute atomic E-state index is 0.222. The van der Waals surface area contributed by atoms with Crippen molar-refractivity contribution in [3.63, 3.8) is 0 Å². The zero-order valence-electron chi connectivity index (χ0n) is 15.3. The molecule has 1 saturated heterocycles. The maximum atomic E-state index is 13.0. The average Bonchev–Trinajstić information content (AvgIpc) is 3.25. The number of nitrogens with one attached hydrogen (secondary N) is 1. The molecule has 0 aliphatic carbocycles. The zero-order valence-corrected chi connectivity index (χ0v) is 17.0. The predicted octanol–water partition coefficient (Wildman–Crippen LogP) is 3.31. The van der Waals surface area contributed by atoms with E-state index in [1.54, 1.807) is 15.6 Å². The first kappa shape index (κ1) is 19.2. The van der Waals surface area contributed by atoms with E-state index in [2.05, 4.69) is 15.3 Å². The number of aromatic nitrogens is 2. The van der Waals surface area contributed by atoms with E-state index >= 15 is 0 Å². The monoisotopic (exact) mass is 395 g/mol. The minimum atomic E-state index is -3.47. The number of pyridine rings is 1. The lowest BCUT2D eigenvalue weighted by Gasteiger charge is -2.29. The number of rotatable bonds is 7. The summed E-state index contributed by atoms with van der Waals surface area (Å²) in [6, 6.07) is 5.46. The fourth-order valence-corrected chi connectivity index (χ4v) is 5.75. The van der Waals surface area contributed by atoms with Gasteiger partial charge in [-0.25, -0.2) is 9.97 Å². The summed E-state index contributed by atoms with van der Waals surface area (Å²) in [6.45, 7) is 7.21. The lowest BCUT2D eigenvalue weighted by molar-refractivity contribution is 0.335. The quantitative estimate of drug-likeness (QED) is 0.778. The molecule has 0 saturated carbocycles. The van der Waals surface area contributed by atoms with Crippen LogP contribution in [0.1, 0.15) is 43.3 Å². The van der Waals surface area contributed by atoms with Gasteiger partial charge in [0.25, 0.3) is 10.2 Å². The van der Waals surface area contributed by atoms with Gasteiger partial charge in [-0.1, -0.05) is 19.9 Å². The molecule has 3 rings (SSSR count). The van der Waals surface area contributed by atoms with E-state index in [0.29, 0.717) is 25.5 Å². The second kappa shape index (κ2) is 7.99. The largest absolute Gasteiger partial charge is 0.316 e. The fourth-order valence-electron chi connectivity index (χ4n) is 3.24. The van der Waals surface area contributed by atoms with Crippen LogP contribution in [0, 0.1) is 6.92 Å². The summed E-state index contributed by atoms with van der Waals surface area (Å²) in [7, 11) is -3.47. The van der Waals surface area contributed by atoms with E-state index in [9.17, 15) is 8.42 Å². The Morgan fingerprint density at radius 2 is 2.12 bits per heavy atom. The molecule has 1 aliphatic rings. The number of thiazole rings is 1. The average molecular weight is 396 g/mol. The first-order valence-corrected chi connectivity index (χ1v) is 11.1. The van der Waals surface area contributed by atoms with Crippen molar-refractivity contribution >= 4 is 32.5 Å². The van der Waals surface area contributed by atoms with Crippen molar-refractivity contribution in [2.75, 3.05) is 25.0 Å². The molecule has 0 unspecified atom stereocenters. The highest BCUT2D eigenvalue weighted by Gasteiger charge is 2.38. The smallest absolute Gasteiger partial charge is 0.282 e. The van der Waals surface area contributed by atoms with E-state index in [4.69, 9.17) is 0 Å². The van der Waals surface area contributed by atoms with Crippen LogP contribution in [0.15, 0.2) is 24.4 Å². The van der Waals surface area contributed by atoms with Crippen molar-refractivity contribution in [3.05, 3.63) is 35.0 Å². The van der Waals surface area contributed by atoms with Crippen LogP contribution in [0.25, 0.3) is 0 Å². The SMILES string of the molecule is CCN(CC)S(=O)(=O)N1CCC[C@@H]1c1cccc(Nc2ncc(C)s2)n1. The molecule has 1 atom stereocenters. The molecule has 1 N–H and O–H groups in total. The predicted molar refractivity (Wildman–Crippen MR) is 105 cm³/mol. The molecule has 142 valence electrons. The van der Waals surface area contributed by atoms with Crippen LogP contribution in [0.4, 0.5) is 10.9 Å². The second-order valence-electron chi connectivity index (χ2n) is 6.21. The molecule has 2 aromatic heterocycles. The highest BCUT2D eigenvalue weighted by Crippen LogP contribution is 2.35. The molecule has 2 aromatic rings. The molecule has 1 fully saturated rings. The highest BCUT2D eigenvalue weighted by molar-refractivity contribution is 7.86. The normalized spacial score (nSPS) is 18.5. The van der Waals surface area contributed by atoms with Crippen LogP contribution in [0.5, 0.6) is 0 Å². The first-order chi connectivity index (χ1) is 12.5. The Hall–Kier alpha value is -1.55. The van der Waals surface area contributed by atoms with Crippen molar-refractivity contribution < 1.29 is 8.42 Å². The minimum Gasteiger partial charge on any atom is -0.316 e. The molecule has 7 nitrogen and oxygen atoms in total. The third-order valence-electron chi connectivity index (χ3n) is 4.50. The van der Waals surface area contributed by atoms with Gasteiger partial charge in [0.15, 0.2) is 5.13 Å². The van der Waals surface area contributed by atoms with Gasteiger partial charge < -0.3 is 5.32 Å². The van der Waals surface area contributed by atoms with Gasteiger partial charge in [0.2, 0.25) is 0 Å². The van der Waals surface area contributed by atoms with Gasteiger partial charge in [-0.15, -0.1) is 11.3 Å². The summed E-state index contributed by atoms with van der Waals surface area (Å²) in [5, 5.41) is 3.99. The molecule has 0 aromatic carbocycles. The summed E-state index contributed by atoms with van der Waals surface area (Å²) in [6.07, 6.45) is 3.44. The van der Waals surface area contributed by atoms with Crippen molar-refractivity contribution in [3.8, 4) is 0 Å². The number of hydrogen-bond acceptors (Lipinski definition) is 6. The second-order valence-corrected chi connectivity index (χ2v) is 9.33. The van der Waals surface area contributed by atoms with Gasteiger partial charge in [-0.3, -0.25) is 0 Å². The molecule has 0 bridgehead atoms. The first-order valence-electron chi connectivity index (χ1n) is 8.89. The molecule has 0 spiro atoms. The number of anilines is 2. The molecular formula is C17H25N5O2S2. The number of hydrogen-bond donors (Lipinski definition) is 1. The summed E-state index contributed by atoms with van der Waals surface area (Å²) >= 11 is 1.56. The van der Waals surface area contributed by atoms with E-state index in [1.807, 2.05) is 45.2 Å². The van der Waals surface area contributed by atoms with E-state index in [1.165, 1.54) is 4.31 Å². The highest BCUT2D eigenvalue weighted by atomic mass is 32.2. The Balaban J connectivity index is 1.84. The Bertz CT molecular complexity index is 848. The summed E-state index contributed by atoms with van der Waals surface area (Å²) in [5.74, 6) is 0.684. The van der Waals surface area contributed by atoms with E-state index in [-0.39, 0.29) is 6.04 Å².